The van der Waals surface area contributed by atoms with Crippen molar-refractivity contribution in [3.63, 3.8) is 0 Å². The van der Waals surface area contributed by atoms with E-state index in [0.29, 0.717) is 11.5 Å². The van der Waals surface area contributed by atoms with Crippen LogP contribution < -0.4 is 0 Å². The fourth-order valence-electron chi connectivity index (χ4n) is 3.73. The number of para-hydroxylation sites is 1. The molecule has 5 heteroatoms. The van der Waals surface area contributed by atoms with Gasteiger partial charge in [-0.15, -0.1) is 0 Å². The maximum atomic E-state index is 13.1. The van der Waals surface area contributed by atoms with E-state index in [1.165, 1.54) is 11.3 Å². The van der Waals surface area contributed by atoms with E-state index in [1.807, 2.05) is 41.4 Å². The molecule has 3 aromatic rings. The molecule has 4 rings (SSSR count). The number of pyridine rings is 1. The molecule has 1 aliphatic heterocycles. The third kappa shape index (κ3) is 3.14. The summed E-state index contributed by atoms with van der Waals surface area (Å²) < 4.78 is 0. The average Bonchev–Trinajstić information content (AvgIpc) is 3.05. The van der Waals surface area contributed by atoms with Gasteiger partial charge in [0, 0.05) is 30.4 Å². The highest BCUT2D eigenvalue weighted by molar-refractivity contribution is 6.05. The molecule has 0 aliphatic carbocycles. The van der Waals surface area contributed by atoms with Gasteiger partial charge in [-0.25, -0.2) is 0 Å². The van der Waals surface area contributed by atoms with Gasteiger partial charge in [0.1, 0.15) is 0 Å². The Morgan fingerprint density at radius 2 is 2.20 bits per heavy atom. The molecule has 2 aromatic heterocycles. The summed E-state index contributed by atoms with van der Waals surface area (Å²) in [7, 11) is 0. The van der Waals surface area contributed by atoms with Gasteiger partial charge in [-0.05, 0) is 49.8 Å². The van der Waals surface area contributed by atoms with Crippen molar-refractivity contribution in [2.75, 3.05) is 13.1 Å². The van der Waals surface area contributed by atoms with Gasteiger partial charge < -0.3 is 4.90 Å². The van der Waals surface area contributed by atoms with Crippen LogP contribution in [0.25, 0.3) is 10.9 Å². The predicted molar refractivity (Wildman–Crippen MR) is 97.4 cm³/mol. The van der Waals surface area contributed by atoms with Crippen molar-refractivity contribution < 1.29 is 4.79 Å². The van der Waals surface area contributed by atoms with Crippen molar-refractivity contribution in [2.24, 2.45) is 5.92 Å². The Kier molecular flexibility index (Phi) is 4.22. The average molecular weight is 334 g/mol. The van der Waals surface area contributed by atoms with Crippen LogP contribution in [0.2, 0.25) is 0 Å². The van der Waals surface area contributed by atoms with Gasteiger partial charge in [0.05, 0.1) is 17.3 Å². The number of nitrogens with zero attached hydrogens (tertiary/aromatic N) is 3. The highest BCUT2D eigenvalue weighted by Crippen LogP contribution is 2.24. The molecule has 1 aliphatic rings. The number of nitrogens with one attached hydrogen (secondary N) is 1. The molecule has 25 heavy (non-hydrogen) atoms. The van der Waals surface area contributed by atoms with Crippen LogP contribution in [0.5, 0.6) is 0 Å². The summed E-state index contributed by atoms with van der Waals surface area (Å²) in [6, 6.07) is 9.73. The molecular formula is C20H22N4O. The molecule has 1 unspecified atom stereocenters. The lowest BCUT2D eigenvalue weighted by Gasteiger charge is -2.33. The highest BCUT2D eigenvalue weighted by atomic mass is 16.2. The molecule has 0 bridgehead atoms. The second kappa shape index (κ2) is 6.67. The first kappa shape index (κ1) is 15.8. The summed E-state index contributed by atoms with van der Waals surface area (Å²) in [6.45, 7) is 3.69. The molecule has 0 radical (unpaired) electrons. The van der Waals surface area contributed by atoms with Gasteiger partial charge in [-0.2, -0.15) is 5.10 Å². The fourth-order valence-corrected chi connectivity index (χ4v) is 3.73. The van der Waals surface area contributed by atoms with Crippen molar-refractivity contribution in [3.8, 4) is 0 Å². The zero-order chi connectivity index (χ0) is 17.2. The molecule has 1 saturated heterocycles. The first-order valence-corrected chi connectivity index (χ1v) is 8.84. The maximum Gasteiger partial charge on any atom is 0.256 e. The molecule has 3 heterocycles. The van der Waals surface area contributed by atoms with Crippen molar-refractivity contribution >= 4 is 16.8 Å². The van der Waals surface area contributed by atoms with Gasteiger partial charge in [-0.3, -0.25) is 14.9 Å². The van der Waals surface area contributed by atoms with Crippen LogP contribution in [0.4, 0.5) is 0 Å². The summed E-state index contributed by atoms with van der Waals surface area (Å²) in [5.41, 5.74) is 3.88. The summed E-state index contributed by atoms with van der Waals surface area (Å²) in [5, 5.41) is 8.21. The molecule has 1 atom stereocenters. The molecule has 1 amide bonds. The Hall–Kier alpha value is -2.69. The number of likely N-dealkylation sites (tertiary alicyclic amines) is 1. The number of piperidine rings is 1. The standard InChI is InChI=1S/C20H22N4O/c1-14-12-22-23-18(14)11-15-5-4-10-24(13-15)20(25)17-8-2-6-16-7-3-9-21-19(16)17/h2-3,6-9,12,15H,4-5,10-11,13H2,1H3,(H,22,23). The lowest BCUT2D eigenvalue weighted by molar-refractivity contribution is 0.0674. The molecule has 0 saturated carbocycles. The van der Waals surface area contributed by atoms with Crippen LogP contribution in [0.15, 0.2) is 42.7 Å². The minimum Gasteiger partial charge on any atom is -0.338 e. The monoisotopic (exact) mass is 334 g/mol. The SMILES string of the molecule is Cc1cn[nH]c1CC1CCCN(C(=O)c2cccc3cccnc23)C1. The van der Waals surface area contributed by atoms with E-state index >= 15 is 0 Å². The van der Waals surface area contributed by atoms with Crippen molar-refractivity contribution in [2.45, 2.75) is 26.2 Å². The van der Waals surface area contributed by atoms with Crippen molar-refractivity contribution in [1.29, 1.82) is 0 Å². The first-order valence-electron chi connectivity index (χ1n) is 8.84. The zero-order valence-electron chi connectivity index (χ0n) is 14.4. The smallest absolute Gasteiger partial charge is 0.256 e. The Morgan fingerprint density at radius 3 is 3.04 bits per heavy atom. The maximum absolute atomic E-state index is 13.1. The number of amides is 1. The van der Waals surface area contributed by atoms with E-state index in [-0.39, 0.29) is 5.91 Å². The van der Waals surface area contributed by atoms with E-state index < -0.39 is 0 Å². The van der Waals surface area contributed by atoms with Crippen molar-refractivity contribution in [3.05, 3.63) is 59.5 Å². The van der Waals surface area contributed by atoms with Gasteiger partial charge in [0.2, 0.25) is 0 Å². The Bertz CT molecular complexity index is 896. The summed E-state index contributed by atoms with van der Waals surface area (Å²) >= 11 is 0. The lowest BCUT2D eigenvalue weighted by Crippen LogP contribution is -2.40. The number of fused-ring (bicyclic) bond motifs is 1. The molecular weight excluding hydrogens is 312 g/mol. The lowest BCUT2D eigenvalue weighted by atomic mass is 9.92. The van der Waals surface area contributed by atoms with Crippen LogP contribution in [0.3, 0.4) is 0 Å². The van der Waals surface area contributed by atoms with Gasteiger partial charge in [-0.1, -0.05) is 18.2 Å². The number of hydrogen-bond acceptors (Lipinski definition) is 3. The second-order valence-corrected chi connectivity index (χ2v) is 6.88. The summed E-state index contributed by atoms with van der Waals surface area (Å²) in [6.07, 6.45) is 6.75. The van der Waals surface area contributed by atoms with Crippen LogP contribution >= 0.6 is 0 Å². The van der Waals surface area contributed by atoms with Crippen LogP contribution in [0.1, 0.15) is 34.5 Å². The van der Waals surface area contributed by atoms with E-state index in [0.717, 1.165) is 43.3 Å². The quantitative estimate of drug-likeness (QED) is 0.799. The number of carbonyl (C=O) groups excluding carboxylic acids is 1. The number of rotatable bonds is 3. The second-order valence-electron chi connectivity index (χ2n) is 6.88. The van der Waals surface area contributed by atoms with E-state index in [1.54, 1.807) is 6.20 Å². The Labute approximate surface area is 147 Å². The Morgan fingerprint density at radius 1 is 1.32 bits per heavy atom. The third-order valence-electron chi connectivity index (χ3n) is 5.10. The number of aromatic nitrogens is 3. The molecule has 128 valence electrons. The number of benzene rings is 1. The minimum absolute atomic E-state index is 0.0929. The zero-order valence-corrected chi connectivity index (χ0v) is 14.4. The number of aryl methyl sites for hydroxylation is 1. The third-order valence-corrected chi connectivity index (χ3v) is 5.10. The first-order chi connectivity index (χ1) is 12.2. The van der Waals surface area contributed by atoms with E-state index in [2.05, 4.69) is 22.1 Å². The van der Waals surface area contributed by atoms with Crippen molar-refractivity contribution in [1.82, 2.24) is 20.1 Å². The molecule has 1 fully saturated rings. The number of hydrogen-bond donors (Lipinski definition) is 1. The number of aromatic amines is 1. The van der Waals surface area contributed by atoms with E-state index in [4.69, 9.17) is 0 Å². The van der Waals surface area contributed by atoms with Crippen LogP contribution in [-0.2, 0) is 6.42 Å². The minimum atomic E-state index is 0.0929. The Balaban J connectivity index is 1.54. The normalized spacial score (nSPS) is 17.8. The van der Waals surface area contributed by atoms with Gasteiger partial charge in [0.15, 0.2) is 0 Å². The molecule has 1 N–H and O–H groups in total. The number of carbonyl (C=O) groups is 1. The summed E-state index contributed by atoms with van der Waals surface area (Å²) in [4.78, 5) is 19.5. The predicted octanol–water partition coefficient (Wildman–Crippen LogP) is 3.36. The highest BCUT2D eigenvalue weighted by Gasteiger charge is 2.26. The van der Waals surface area contributed by atoms with Crippen LogP contribution in [-0.4, -0.2) is 39.1 Å². The van der Waals surface area contributed by atoms with E-state index in [9.17, 15) is 4.79 Å². The number of H-pyrrole nitrogens is 1. The molecule has 5 nitrogen and oxygen atoms in total. The fraction of sp³-hybridized carbons (Fsp3) is 0.350. The summed E-state index contributed by atoms with van der Waals surface area (Å²) in [5.74, 6) is 0.565. The van der Waals surface area contributed by atoms with Gasteiger partial charge in [0.25, 0.3) is 5.91 Å². The topological polar surface area (TPSA) is 61.9 Å². The molecule has 0 spiro atoms. The largest absolute Gasteiger partial charge is 0.338 e. The van der Waals surface area contributed by atoms with Gasteiger partial charge >= 0.3 is 0 Å². The van der Waals surface area contributed by atoms with Crippen LogP contribution in [0, 0.1) is 12.8 Å². The molecule has 1 aromatic carbocycles.